The van der Waals surface area contributed by atoms with Crippen molar-refractivity contribution in [1.29, 1.82) is 0 Å². The Hall–Kier alpha value is -2.41. The molecular formula is C22H29N5O2. The van der Waals surface area contributed by atoms with Gasteiger partial charge in [-0.15, -0.1) is 0 Å². The van der Waals surface area contributed by atoms with Gasteiger partial charge in [0.05, 0.1) is 18.9 Å². The number of carbonyl (C=O) groups is 1. The van der Waals surface area contributed by atoms with Crippen LogP contribution in [0.3, 0.4) is 0 Å². The predicted molar refractivity (Wildman–Crippen MR) is 110 cm³/mol. The Kier molecular flexibility index (Phi) is 5.23. The van der Waals surface area contributed by atoms with E-state index in [0.29, 0.717) is 19.4 Å². The van der Waals surface area contributed by atoms with Crippen molar-refractivity contribution in [2.75, 3.05) is 37.7 Å². The van der Waals surface area contributed by atoms with Crippen molar-refractivity contribution in [3.05, 3.63) is 41.3 Å². The summed E-state index contributed by atoms with van der Waals surface area (Å²) in [6.45, 7) is 5.64. The Balaban J connectivity index is 1.18. The van der Waals surface area contributed by atoms with E-state index in [-0.39, 0.29) is 5.91 Å². The molecule has 5 rings (SSSR count). The SMILES string of the molecule is O=C(CCc1nn(CC2CC2)c2c1COCC2)N1CCN(c2ccccn2)CC1. The molecule has 1 amide bonds. The van der Waals surface area contributed by atoms with Crippen molar-refractivity contribution >= 4 is 11.7 Å². The van der Waals surface area contributed by atoms with Crippen molar-refractivity contribution in [2.24, 2.45) is 5.92 Å². The van der Waals surface area contributed by atoms with E-state index in [1.54, 1.807) is 0 Å². The largest absolute Gasteiger partial charge is 0.376 e. The fraction of sp³-hybridized carbons (Fsp3) is 0.591. The summed E-state index contributed by atoms with van der Waals surface area (Å²) in [7, 11) is 0. The summed E-state index contributed by atoms with van der Waals surface area (Å²) in [6.07, 6.45) is 6.64. The number of carbonyl (C=O) groups excluding carboxylic acids is 1. The van der Waals surface area contributed by atoms with Gasteiger partial charge in [0.15, 0.2) is 0 Å². The summed E-state index contributed by atoms with van der Waals surface area (Å²) in [4.78, 5) is 21.5. The van der Waals surface area contributed by atoms with Gasteiger partial charge in [-0.25, -0.2) is 4.98 Å². The van der Waals surface area contributed by atoms with Crippen LogP contribution in [0.5, 0.6) is 0 Å². The molecule has 0 bridgehead atoms. The minimum absolute atomic E-state index is 0.230. The highest BCUT2D eigenvalue weighted by Gasteiger charge is 2.28. The quantitative estimate of drug-likeness (QED) is 0.749. The first-order valence-corrected chi connectivity index (χ1v) is 10.9. The van der Waals surface area contributed by atoms with E-state index in [9.17, 15) is 4.79 Å². The molecule has 154 valence electrons. The van der Waals surface area contributed by atoms with Crippen molar-refractivity contribution in [2.45, 2.75) is 45.3 Å². The maximum Gasteiger partial charge on any atom is 0.223 e. The van der Waals surface area contributed by atoms with E-state index in [2.05, 4.69) is 14.6 Å². The van der Waals surface area contributed by atoms with Crippen LogP contribution in [0, 0.1) is 5.92 Å². The molecule has 4 heterocycles. The van der Waals surface area contributed by atoms with Gasteiger partial charge < -0.3 is 14.5 Å². The molecule has 29 heavy (non-hydrogen) atoms. The van der Waals surface area contributed by atoms with E-state index in [0.717, 1.165) is 63.2 Å². The number of rotatable bonds is 6. The van der Waals surface area contributed by atoms with Gasteiger partial charge in [0.2, 0.25) is 5.91 Å². The predicted octanol–water partition coefficient (Wildman–Crippen LogP) is 2.04. The summed E-state index contributed by atoms with van der Waals surface area (Å²) in [6, 6.07) is 5.96. The Labute approximate surface area is 171 Å². The Morgan fingerprint density at radius 2 is 2.03 bits per heavy atom. The highest BCUT2D eigenvalue weighted by molar-refractivity contribution is 5.76. The molecular weight excluding hydrogens is 366 g/mol. The van der Waals surface area contributed by atoms with Crippen LogP contribution in [0.15, 0.2) is 24.4 Å². The number of aryl methyl sites for hydroxylation is 1. The Morgan fingerprint density at radius 3 is 2.79 bits per heavy atom. The monoisotopic (exact) mass is 395 g/mol. The van der Waals surface area contributed by atoms with Crippen LogP contribution in [0.25, 0.3) is 0 Å². The lowest BCUT2D eigenvalue weighted by Gasteiger charge is -2.35. The first-order valence-electron chi connectivity index (χ1n) is 10.9. The van der Waals surface area contributed by atoms with E-state index in [4.69, 9.17) is 9.84 Å². The molecule has 0 N–H and O–H groups in total. The van der Waals surface area contributed by atoms with Gasteiger partial charge in [0.25, 0.3) is 0 Å². The molecule has 0 radical (unpaired) electrons. The average molecular weight is 396 g/mol. The first-order chi connectivity index (χ1) is 14.3. The fourth-order valence-corrected chi connectivity index (χ4v) is 4.38. The molecule has 0 atom stereocenters. The molecule has 2 aliphatic heterocycles. The van der Waals surface area contributed by atoms with Gasteiger partial charge in [-0.1, -0.05) is 6.07 Å². The Morgan fingerprint density at radius 1 is 1.17 bits per heavy atom. The molecule has 0 unspecified atom stereocenters. The van der Waals surface area contributed by atoms with Crippen LogP contribution < -0.4 is 4.90 Å². The molecule has 1 aliphatic carbocycles. The van der Waals surface area contributed by atoms with Crippen molar-refractivity contribution < 1.29 is 9.53 Å². The van der Waals surface area contributed by atoms with E-state index in [1.165, 1.54) is 24.1 Å². The standard InChI is InChI=1S/C22H29N5O2/c28-22(26-12-10-25(11-13-26)21-3-1-2-9-23-21)7-6-19-18-16-29-14-8-20(18)27(24-19)15-17-4-5-17/h1-3,9,17H,4-8,10-16H2. The minimum Gasteiger partial charge on any atom is -0.376 e. The number of pyridine rings is 1. The molecule has 2 aromatic rings. The number of hydrogen-bond donors (Lipinski definition) is 0. The van der Waals surface area contributed by atoms with Crippen molar-refractivity contribution in [3.8, 4) is 0 Å². The second-order valence-electron chi connectivity index (χ2n) is 8.36. The molecule has 3 aliphatic rings. The lowest BCUT2D eigenvalue weighted by Crippen LogP contribution is -2.49. The maximum absolute atomic E-state index is 12.8. The van der Waals surface area contributed by atoms with Crippen molar-refractivity contribution in [3.63, 3.8) is 0 Å². The zero-order chi connectivity index (χ0) is 19.6. The van der Waals surface area contributed by atoms with Gasteiger partial charge in [-0.2, -0.15) is 5.10 Å². The second kappa shape index (κ2) is 8.14. The van der Waals surface area contributed by atoms with Gasteiger partial charge in [0, 0.05) is 69.4 Å². The van der Waals surface area contributed by atoms with Gasteiger partial charge >= 0.3 is 0 Å². The highest BCUT2D eigenvalue weighted by Crippen LogP contribution is 2.32. The molecule has 1 saturated carbocycles. The lowest BCUT2D eigenvalue weighted by atomic mass is 10.1. The van der Waals surface area contributed by atoms with Crippen LogP contribution in [0.1, 0.15) is 36.2 Å². The molecule has 1 saturated heterocycles. The van der Waals surface area contributed by atoms with E-state index >= 15 is 0 Å². The summed E-state index contributed by atoms with van der Waals surface area (Å²) in [5, 5.41) is 4.89. The zero-order valence-corrected chi connectivity index (χ0v) is 16.9. The fourth-order valence-electron chi connectivity index (χ4n) is 4.38. The zero-order valence-electron chi connectivity index (χ0n) is 16.9. The highest BCUT2D eigenvalue weighted by atomic mass is 16.5. The summed E-state index contributed by atoms with van der Waals surface area (Å²) >= 11 is 0. The third-order valence-electron chi connectivity index (χ3n) is 6.29. The van der Waals surface area contributed by atoms with E-state index < -0.39 is 0 Å². The average Bonchev–Trinajstić information content (AvgIpc) is 3.54. The number of nitrogens with zero attached hydrogens (tertiary/aromatic N) is 5. The molecule has 2 fully saturated rings. The van der Waals surface area contributed by atoms with Crippen LogP contribution in [0.2, 0.25) is 0 Å². The summed E-state index contributed by atoms with van der Waals surface area (Å²) in [5.41, 5.74) is 3.65. The molecule has 2 aromatic heterocycles. The summed E-state index contributed by atoms with van der Waals surface area (Å²) in [5.74, 6) is 2.02. The third-order valence-corrected chi connectivity index (χ3v) is 6.29. The van der Waals surface area contributed by atoms with Crippen LogP contribution in [0.4, 0.5) is 5.82 Å². The maximum atomic E-state index is 12.8. The third kappa shape index (κ3) is 4.15. The number of hydrogen-bond acceptors (Lipinski definition) is 5. The first kappa shape index (κ1) is 18.6. The van der Waals surface area contributed by atoms with Gasteiger partial charge in [0.1, 0.15) is 5.82 Å². The molecule has 7 heteroatoms. The summed E-state index contributed by atoms with van der Waals surface area (Å²) < 4.78 is 7.90. The number of aromatic nitrogens is 3. The van der Waals surface area contributed by atoms with Crippen LogP contribution in [-0.2, 0) is 35.5 Å². The number of amides is 1. The smallest absolute Gasteiger partial charge is 0.223 e. The molecule has 0 aromatic carbocycles. The molecule has 7 nitrogen and oxygen atoms in total. The van der Waals surface area contributed by atoms with E-state index in [1.807, 2.05) is 29.3 Å². The number of piperazine rings is 1. The van der Waals surface area contributed by atoms with Gasteiger partial charge in [-0.3, -0.25) is 9.48 Å². The molecule has 0 spiro atoms. The normalized spacial score (nSPS) is 19.3. The van der Waals surface area contributed by atoms with Gasteiger partial charge in [-0.05, 0) is 30.9 Å². The number of fused-ring (bicyclic) bond motifs is 1. The number of anilines is 1. The minimum atomic E-state index is 0.230. The number of ether oxygens (including phenoxy) is 1. The lowest BCUT2D eigenvalue weighted by molar-refractivity contribution is -0.131. The Bertz CT molecular complexity index is 854. The van der Waals surface area contributed by atoms with Crippen LogP contribution in [-0.4, -0.2) is 58.4 Å². The van der Waals surface area contributed by atoms with Crippen LogP contribution >= 0.6 is 0 Å². The topological polar surface area (TPSA) is 63.5 Å². The second-order valence-corrected chi connectivity index (χ2v) is 8.36. The van der Waals surface area contributed by atoms with Crippen molar-refractivity contribution in [1.82, 2.24) is 19.7 Å².